The number of rotatable bonds is 7. The molecule has 3 nitrogen and oxygen atoms in total. The van der Waals surface area contributed by atoms with E-state index in [1.54, 1.807) is 14.2 Å². The van der Waals surface area contributed by atoms with Crippen LogP contribution in [-0.2, 0) is 11.2 Å². The molecular formula is C13H21NO2. The minimum Gasteiger partial charge on any atom is -0.497 e. The van der Waals surface area contributed by atoms with Gasteiger partial charge in [-0.3, -0.25) is 0 Å². The number of ether oxygens (including phenoxy) is 2. The Morgan fingerprint density at radius 3 is 2.81 bits per heavy atom. The molecule has 0 fully saturated rings. The van der Waals surface area contributed by atoms with Crippen molar-refractivity contribution in [3.63, 3.8) is 0 Å². The summed E-state index contributed by atoms with van der Waals surface area (Å²) in [7, 11) is 3.41. The third kappa shape index (κ3) is 4.64. The van der Waals surface area contributed by atoms with Crippen molar-refractivity contribution < 1.29 is 9.47 Å². The summed E-state index contributed by atoms with van der Waals surface area (Å²) in [5, 5.41) is 3.40. The molecule has 1 aromatic rings. The van der Waals surface area contributed by atoms with E-state index in [0.29, 0.717) is 6.04 Å². The first kappa shape index (κ1) is 13.0. The Morgan fingerprint density at radius 2 is 2.12 bits per heavy atom. The highest BCUT2D eigenvalue weighted by Gasteiger charge is 2.03. The lowest BCUT2D eigenvalue weighted by molar-refractivity contribution is 0.196. The molecule has 0 aliphatic heterocycles. The molecule has 0 heterocycles. The summed E-state index contributed by atoms with van der Waals surface area (Å²) >= 11 is 0. The summed E-state index contributed by atoms with van der Waals surface area (Å²) in [6.45, 7) is 3.82. The fourth-order valence-electron chi connectivity index (χ4n) is 1.63. The summed E-state index contributed by atoms with van der Waals surface area (Å²) in [4.78, 5) is 0. The van der Waals surface area contributed by atoms with Crippen LogP contribution in [0.2, 0.25) is 0 Å². The second-order valence-corrected chi connectivity index (χ2v) is 3.90. The van der Waals surface area contributed by atoms with Gasteiger partial charge in [0.15, 0.2) is 0 Å². The van der Waals surface area contributed by atoms with Crippen LogP contribution in [-0.4, -0.2) is 33.4 Å². The van der Waals surface area contributed by atoms with E-state index in [4.69, 9.17) is 9.47 Å². The molecule has 90 valence electrons. The number of hydrogen-bond acceptors (Lipinski definition) is 3. The number of hydrogen-bond donors (Lipinski definition) is 1. The van der Waals surface area contributed by atoms with Crippen molar-refractivity contribution in [1.29, 1.82) is 0 Å². The fraction of sp³-hybridized carbons (Fsp3) is 0.538. The van der Waals surface area contributed by atoms with Gasteiger partial charge in [0.05, 0.1) is 13.7 Å². The first-order valence-electron chi connectivity index (χ1n) is 5.61. The molecule has 0 aromatic heterocycles. The van der Waals surface area contributed by atoms with Gasteiger partial charge in [-0.1, -0.05) is 12.1 Å². The van der Waals surface area contributed by atoms with E-state index < -0.39 is 0 Å². The standard InChI is InChI=1S/C13H21NO2/c1-11(14-7-8-15-2)9-12-5-4-6-13(10-12)16-3/h4-6,10-11,14H,7-9H2,1-3H3. The van der Waals surface area contributed by atoms with Crippen molar-refractivity contribution in [2.24, 2.45) is 0 Å². The van der Waals surface area contributed by atoms with Gasteiger partial charge in [0, 0.05) is 19.7 Å². The molecular weight excluding hydrogens is 202 g/mol. The second kappa shape index (κ2) is 7.25. The van der Waals surface area contributed by atoms with Crippen molar-refractivity contribution in [3.05, 3.63) is 29.8 Å². The quantitative estimate of drug-likeness (QED) is 0.716. The summed E-state index contributed by atoms with van der Waals surface area (Å²) in [5.74, 6) is 0.918. The lowest BCUT2D eigenvalue weighted by Crippen LogP contribution is -2.30. The van der Waals surface area contributed by atoms with Crippen LogP contribution >= 0.6 is 0 Å². The van der Waals surface area contributed by atoms with Crippen LogP contribution in [0, 0.1) is 0 Å². The van der Waals surface area contributed by atoms with Gasteiger partial charge in [-0.15, -0.1) is 0 Å². The Labute approximate surface area is 97.8 Å². The summed E-state index contributed by atoms with van der Waals surface area (Å²) < 4.78 is 10.2. The lowest BCUT2D eigenvalue weighted by Gasteiger charge is -2.13. The van der Waals surface area contributed by atoms with Gasteiger partial charge in [0.2, 0.25) is 0 Å². The molecule has 3 heteroatoms. The topological polar surface area (TPSA) is 30.5 Å². The minimum absolute atomic E-state index is 0.447. The van der Waals surface area contributed by atoms with E-state index >= 15 is 0 Å². The Morgan fingerprint density at radius 1 is 1.31 bits per heavy atom. The second-order valence-electron chi connectivity index (χ2n) is 3.90. The summed E-state index contributed by atoms with van der Waals surface area (Å²) in [6, 6.07) is 8.64. The van der Waals surface area contributed by atoms with Crippen LogP contribution in [0.1, 0.15) is 12.5 Å². The molecule has 1 unspecified atom stereocenters. The number of benzene rings is 1. The van der Waals surface area contributed by atoms with Crippen LogP contribution < -0.4 is 10.1 Å². The highest BCUT2D eigenvalue weighted by molar-refractivity contribution is 5.28. The largest absolute Gasteiger partial charge is 0.497 e. The van der Waals surface area contributed by atoms with E-state index in [2.05, 4.69) is 24.4 Å². The Bertz CT molecular complexity index is 302. The monoisotopic (exact) mass is 223 g/mol. The van der Waals surface area contributed by atoms with Crippen LogP contribution in [0.3, 0.4) is 0 Å². The first-order chi connectivity index (χ1) is 7.76. The zero-order valence-electron chi connectivity index (χ0n) is 10.3. The van der Waals surface area contributed by atoms with Gasteiger partial charge in [-0.2, -0.15) is 0 Å². The van der Waals surface area contributed by atoms with Crippen LogP contribution in [0.4, 0.5) is 0 Å². The van der Waals surface area contributed by atoms with Gasteiger partial charge in [-0.25, -0.2) is 0 Å². The van der Waals surface area contributed by atoms with Crippen molar-refractivity contribution >= 4 is 0 Å². The van der Waals surface area contributed by atoms with Gasteiger partial charge < -0.3 is 14.8 Å². The van der Waals surface area contributed by atoms with Crippen LogP contribution in [0.25, 0.3) is 0 Å². The van der Waals surface area contributed by atoms with E-state index in [1.807, 2.05) is 12.1 Å². The highest BCUT2D eigenvalue weighted by Crippen LogP contribution is 2.13. The van der Waals surface area contributed by atoms with E-state index in [1.165, 1.54) is 5.56 Å². The molecule has 0 radical (unpaired) electrons. The molecule has 0 saturated carbocycles. The lowest BCUT2D eigenvalue weighted by atomic mass is 10.1. The molecule has 0 bridgehead atoms. The molecule has 16 heavy (non-hydrogen) atoms. The normalized spacial score (nSPS) is 12.4. The predicted molar refractivity (Wildman–Crippen MR) is 66.0 cm³/mol. The Hall–Kier alpha value is -1.06. The first-order valence-corrected chi connectivity index (χ1v) is 5.61. The molecule has 1 atom stereocenters. The van der Waals surface area contributed by atoms with E-state index in [0.717, 1.165) is 25.3 Å². The molecule has 1 aromatic carbocycles. The molecule has 0 spiro atoms. The molecule has 1 rings (SSSR count). The number of methoxy groups -OCH3 is 2. The van der Waals surface area contributed by atoms with Crippen molar-refractivity contribution in [2.45, 2.75) is 19.4 Å². The maximum atomic E-state index is 5.19. The molecule has 0 saturated heterocycles. The SMILES string of the molecule is COCCNC(C)Cc1cccc(OC)c1. The zero-order chi connectivity index (χ0) is 11.8. The van der Waals surface area contributed by atoms with Gasteiger partial charge >= 0.3 is 0 Å². The van der Waals surface area contributed by atoms with Crippen molar-refractivity contribution in [2.75, 3.05) is 27.4 Å². The third-order valence-electron chi connectivity index (χ3n) is 2.48. The zero-order valence-corrected chi connectivity index (χ0v) is 10.3. The highest BCUT2D eigenvalue weighted by atomic mass is 16.5. The van der Waals surface area contributed by atoms with Gasteiger partial charge in [-0.05, 0) is 31.0 Å². The predicted octanol–water partition coefficient (Wildman–Crippen LogP) is 1.86. The van der Waals surface area contributed by atoms with Crippen LogP contribution in [0.15, 0.2) is 24.3 Å². The average molecular weight is 223 g/mol. The smallest absolute Gasteiger partial charge is 0.119 e. The van der Waals surface area contributed by atoms with E-state index in [-0.39, 0.29) is 0 Å². The molecule has 0 aliphatic rings. The average Bonchev–Trinajstić information content (AvgIpc) is 2.29. The summed E-state index contributed by atoms with van der Waals surface area (Å²) in [5.41, 5.74) is 1.29. The summed E-state index contributed by atoms with van der Waals surface area (Å²) in [6.07, 6.45) is 1.00. The Balaban J connectivity index is 2.39. The Kier molecular flexibility index (Phi) is 5.90. The fourth-order valence-corrected chi connectivity index (χ4v) is 1.63. The van der Waals surface area contributed by atoms with Crippen molar-refractivity contribution in [3.8, 4) is 5.75 Å². The maximum Gasteiger partial charge on any atom is 0.119 e. The van der Waals surface area contributed by atoms with Crippen LogP contribution in [0.5, 0.6) is 5.75 Å². The molecule has 1 N–H and O–H groups in total. The third-order valence-corrected chi connectivity index (χ3v) is 2.48. The van der Waals surface area contributed by atoms with Gasteiger partial charge in [0.25, 0.3) is 0 Å². The van der Waals surface area contributed by atoms with E-state index in [9.17, 15) is 0 Å². The minimum atomic E-state index is 0.447. The molecule has 0 amide bonds. The maximum absolute atomic E-state index is 5.19. The number of nitrogens with one attached hydrogen (secondary N) is 1. The van der Waals surface area contributed by atoms with Gasteiger partial charge in [0.1, 0.15) is 5.75 Å². The van der Waals surface area contributed by atoms with Crippen molar-refractivity contribution in [1.82, 2.24) is 5.32 Å². The molecule has 0 aliphatic carbocycles.